The van der Waals surface area contributed by atoms with E-state index in [1.54, 1.807) is 0 Å². The second kappa shape index (κ2) is 13.5. The van der Waals surface area contributed by atoms with Crippen molar-refractivity contribution in [3.63, 3.8) is 0 Å². The zero-order chi connectivity index (χ0) is 25.1. The van der Waals surface area contributed by atoms with Crippen molar-refractivity contribution < 1.29 is 52.4 Å². The summed E-state index contributed by atoms with van der Waals surface area (Å²) < 4.78 is 31.4. The van der Waals surface area contributed by atoms with Gasteiger partial charge in [-0.3, -0.25) is 24.0 Å². The largest absolute Gasteiger partial charge is 0.464 e. The molecular weight excluding hydrogens is 464 g/mol. The number of ether oxygens (including phenoxy) is 6. The Morgan fingerprint density at radius 1 is 0.788 bits per heavy atom. The molecule has 5 atom stereocenters. The van der Waals surface area contributed by atoms with E-state index in [2.05, 4.69) is 10.6 Å². The molecule has 186 valence electrons. The fraction of sp³-hybridized carbons (Fsp3) is 0.684. The number of esters is 5. The first kappa shape index (κ1) is 28.0. The van der Waals surface area contributed by atoms with Crippen molar-refractivity contribution in [3.05, 3.63) is 0 Å². The van der Waals surface area contributed by atoms with Gasteiger partial charge in [-0.15, -0.1) is 0 Å². The number of hydrogen-bond acceptors (Lipinski definition) is 12. The van der Waals surface area contributed by atoms with E-state index in [9.17, 15) is 24.0 Å². The smallest absolute Gasteiger partial charge is 0.305 e. The predicted octanol–water partition coefficient (Wildman–Crippen LogP) is -0.903. The quantitative estimate of drug-likeness (QED) is 0.176. The summed E-state index contributed by atoms with van der Waals surface area (Å²) in [7, 11) is 0. The number of carbonyl (C=O) groups excluding carboxylic acids is 5. The molecule has 1 rings (SSSR count). The van der Waals surface area contributed by atoms with E-state index >= 15 is 0 Å². The minimum absolute atomic E-state index is 0.0186. The molecule has 0 bridgehead atoms. The molecule has 0 aromatic carbocycles. The van der Waals surface area contributed by atoms with Gasteiger partial charge in [-0.2, -0.15) is 0 Å². The Morgan fingerprint density at radius 3 is 1.85 bits per heavy atom. The zero-order valence-electron chi connectivity index (χ0n) is 18.9. The van der Waals surface area contributed by atoms with Gasteiger partial charge in [0, 0.05) is 34.6 Å². The lowest BCUT2D eigenvalue weighted by Crippen LogP contribution is -2.67. The Bertz CT molecular complexity index is 760. The average molecular weight is 493 g/mol. The van der Waals surface area contributed by atoms with Gasteiger partial charge in [0.05, 0.1) is 6.54 Å². The van der Waals surface area contributed by atoms with Gasteiger partial charge >= 0.3 is 29.8 Å². The molecule has 0 radical (unpaired) electrons. The Kier molecular flexibility index (Phi) is 11.5. The average Bonchev–Trinajstić information content (AvgIpc) is 2.67. The standard InChI is InChI=1S/C19H28N2O11S/c1-9(22)27-7-6-20-19(33)21-15-17(30-12(4)25)16(29-11(3)24)14(8-28-10(2)23)32-18(15)31-13(5)26/h14-18H,6-8H2,1-5H3,(H2,20,21,33)/t14-,15-,16-,17-,18-/m1/s1. The summed E-state index contributed by atoms with van der Waals surface area (Å²) >= 11 is 5.21. The van der Waals surface area contributed by atoms with Crippen LogP contribution in [0.25, 0.3) is 0 Å². The summed E-state index contributed by atoms with van der Waals surface area (Å²) in [6.45, 7) is 5.63. The molecule has 1 aliphatic heterocycles. The fourth-order valence-electron chi connectivity index (χ4n) is 2.88. The van der Waals surface area contributed by atoms with Crippen molar-refractivity contribution in [1.29, 1.82) is 0 Å². The molecule has 0 aromatic heterocycles. The first-order valence-electron chi connectivity index (χ1n) is 9.89. The van der Waals surface area contributed by atoms with Crippen molar-refractivity contribution in [2.45, 2.75) is 65.3 Å². The SMILES string of the molecule is CC(=O)OCCNC(=S)N[C@H]1[C@H](OC(C)=O)O[C@H](COC(C)=O)[C@@H](OC(C)=O)[C@@H]1OC(C)=O. The molecule has 13 nitrogen and oxygen atoms in total. The van der Waals surface area contributed by atoms with Crippen molar-refractivity contribution in [2.24, 2.45) is 0 Å². The summed E-state index contributed by atoms with van der Waals surface area (Å²) in [4.78, 5) is 57.4. The summed E-state index contributed by atoms with van der Waals surface area (Å²) in [5.74, 6) is -3.28. The maximum Gasteiger partial charge on any atom is 0.305 e. The highest BCUT2D eigenvalue weighted by atomic mass is 32.1. The van der Waals surface area contributed by atoms with Gasteiger partial charge in [0.25, 0.3) is 0 Å². The number of thiocarbonyl (C=S) groups is 1. The Labute approximate surface area is 195 Å². The van der Waals surface area contributed by atoms with Crippen LogP contribution in [0.4, 0.5) is 0 Å². The number of carbonyl (C=O) groups is 5. The fourth-order valence-corrected chi connectivity index (χ4v) is 3.12. The van der Waals surface area contributed by atoms with Gasteiger partial charge in [-0.1, -0.05) is 0 Å². The van der Waals surface area contributed by atoms with E-state index in [0.717, 1.165) is 20.8 Å². The predicted molar refractivity (Wildman–Crippen MR) is 112 cm³/mol. The van der Waals surface area contributed by atoms with E-state index in [1.807, 2.05) is 0 Å². The normalized spacial score (nSPS) is 24.0. The van der Waals surface area contributed by atoms with Gasteiger partial charge in [0.1, 0.15) is 25.4 Å². The van der Waals surface area contributed by atoms with E-state index in [0.29, 0.717) is 0 Å². The molecule has 33 heavy (non-hydrogen) atoms. The summed E-state index contributed by atoms with van der Waals surface area (Å²) in [5, 5.41) is 5.60. The van der Waals surface area contributed by atoms with Crippen LogP contribution in [0.5, 0.6) is 0 Å². The van der Waals surface area contributed by atoms with Crippen molar-refractivity contribution in [3.8, 4) is 0 Å². The third-order valence-corrected chi connectivity index (χ3v) is 4.24. The minimum Gasteiger partial charge on any atom is -0.464 e. The number of nitrogens with one attached hydrogen (secondary N) is 2. The van der Waals surface area contributed by atoms with Crippen LogP contribution >= 0.6 is 12.2 Å². The van der Waals surface area contributed by atoms with Crippen LogP contribution in [0.1, 0.15) is 34.6 Å². The lowest BCUT2D eigenvalue weighted by atomic mass is 9.96. The van der Waals surface area contributed by atoms with Gasteiger partial charge in [0.15, 0.2) is 17.3 Å². The van der Waals surface area contributed by atoms with Crippen LogP contribution in [0.2, 0.25) is 0 Å². The topological polar surface area (TPSA) is 165 Å². The Morgan fingerprint density at radius 2 is 1.33 bits per heavy atom. The maximum absolute atomic E-state index is 11.8. The van der Waals surface area contributed by atoms with E-state index < -0.39 is 60.5 Å². The highest BCUT2D eigenvalue weighted by Crippen LogP contribution is 2.28. The van der Waals surface area contributed by atoms with E-state index in [-0.39, 0.29) is 24.9 Å². The molecular formula is C19H28N2O11S. The molecule has 14 heteroatoms. The van der Waals surface area contributed by atoms with Crippen LogP contribution < -0.4 is 10.6 Å². The van der Waals surface area contributed by atoms with Crippen molar-refractivity contribution in [2.75, 3.05) is 19.8 Å². The van der Waals surface area contributed by atoms with Crippen molar-refractivity contribution >= 4 is 47.2 Å². The van der Waals surface area contributed by atoms with Crippen LogP contribution in [-0.4, -0.2) is 85.4 Å². The van der Waals surface area contributed by atoms with Crippen LogP contribution in [0.15, 0.2) is 0 Å². The monoisotopic (exact) mass is 492 g/mol. The van der Waals surface area contributed by atoms with E-state index in [4.69, 9.17) is 40.6 Å². The highest BCUT2D eigenvalue weighted by molar-refractivity contribution is 7.80. The molecule has 0 aliphatic carbocycles. The summed E-state index contributed by atoms with van der Waals surface area (Å²) in [6.07, 6.45) is -4.99. The molecule has 0 amide bonds. The first-order valence-corrected chi connectivity index (χ1v) is 10.3. The lowest BCUT2D eigenvalue weighted by Gasteiger charge is -2.44. The molecule has 0 saturated carbocycles. The zero-order valence-corrected chi connectivity index (χ0v) is 19.7. The number of hydrogen-bond donors (Lipinski definition) is 2. The molecule has 1 fully saturated rings. The maximum atomic E-state index is 11.8. The molecule has 0 aromatic rings. The molecule has 1 heterocycles. The highest BCUT2D eigenvalue weighted by Gasteiger charge is 2.52. The molecule has 1 aliphatic rings. The third kappa shape index (κ3) is 10.4. The molecule has 0 spiro atoms. The first-order chi connectivity index (χ1) is 15.4. The molecule has 1 saturated heterocycles. The van der Waals surface area contributed by atoms with Gasteiger partial charge in [-0.25, -0.2) is 0 Å². The molecule has 0 unspecified atom stereocenters. The number of rotatable bonds is 9. The van der Waals surface area contributed by atoms with Crippen LogP contribution in [0.3, 0.4) is 0 Å². The third-order valence-electron chi connectivity index (χ3n) is 3.97. The minimum atomic E-state index is -1.37. The lowest BCUT2D eigenvalue weighted by molar-refractivity contribution is -0.269. The summed E-state index contributed by atoms with van der Waals surface area (Å²) in [5.41, 5.74) is 0. The summed E-state index contributed by atoms with van der Waals surface area (Å²) in [6, 6.07) is -1.12. The second-order valence-corrected chi connectivity index (χ2v) is 7.28. The van der Waals surface area contributed by atoms with Gasteiger partial charge < -0.3 is 39.1 Å². The van der Waals surface area contributed by atoms with E-state index in [1.165, 1.54) is 13.8 Å². The Balaban J connectivity index is 3.18. The van der Waals surface area contributed by atoms with Crippen LogP contribution in [0, 0.1) is 0 Å². The van der Waals surface area contributed by atoms with Gasteiger partial charge in [0.2, 0.25) is 6.29 Å². The Hall–Kier alpha value is -3.00. The van der Waals surface area contributed by atoms with Crippen LogP contribution in [-0.2, 0) is 52.4 Å². The van der Waals surface area contributed by atoms with Gasteiger partial charge in [-0.05, 0) is 12.2 Å². The van der Waals surface area contributed by atoms with Crippen molar-refractivity contribution in [1.82, 2.24) is 10.6 Å². The molecule has 2 N–H and O–H groups in total. The second-order valence-electron chi connectivity index (χ2n) is 6.87.